The monoisotopic (exact) mass is 399 g/mol. The maximum atomic E-state index is 13.1. The summed E-state index contributed by atoms with van der Waals surface area (Å²) >= 11 is 5.93. The van der Waals surface area contributed by atoms with Crippen LogP contribution in [0.3, 0.4) is 0 Å². The number of nitrogens with zero attached hydrogens (tertiary/aromatic N) is 1. The molecule has 0 saturated carbocycles. The lowest BCUT2D eigenvalue weighted by Crippen LogP contribution is -2.44. The molecule has 2 aromatic carbocycles. The first-order chi connectivity index (χ1) is 13.2. The number of urea groups is 1. The van der Waals surface area contributed by atoms with Crippen LogP contribution < -0.4 is 10.6 Å². The summed E-state index contributed by atoms with van der Waals surface area (Å²) < 4.78 is 0. The van der Waals surface area contributed by atoms with Crippen molar-refractivity contribution >= 4 is 35.1 Å². The quantitative estimate of drug-likeness (QED) is 0.751. The number of carbonyl (C=O) groups excluding carboxylic acids is 3. The lowest BCUT2D eigenvalue weighted by atomic mass is 9.87. The van der Waals surface area contributed by atoms with Crippen LogP contribution in [0.25, 0.3) is 0 Å². The smallest absolute Gasteiger partial charge is 0.325 e. The van der Waals surface area contributed by atoms with Gasteiger partial charge in [-0.1, -0.05) is 36.7 Å². The Hall–Kier alpha value is -2.86. The Bertz CT molecular complexity index is 922. The molecule has 1 heterocycles. The predicted octanol–water partition coefficient (Wildman–Crippen LogP) is 3.75. The van der Waals surface area contributed by atoms with Gasteiger partial charge < -0.3 is 10.6 Å². The fraction of sp³-hybridized carbons (Fsp3) is 0.286. The molecule has 1 atom stereocenters. The van der Waals surface area contributed by atoms with Crippen LogP contribution in [0.4, 0.5) is 10.5 Å². The van der Waals surface area contributed by atoms with Gasteiger partial charge in [0.25, 0.3) is 5.91 Å². The van der Waals surface area contributed by atoms with Gasteiger partial charge in [-0.3, -0.25) is 14.5 Å². The molecule has 2 aromatic rings. The molecule has 1 fully saturated rings. The van der Waals surface area contributed by atoms with Gasteiger partial charge in [0.15, 0.2) is 0 Å². The van der Waals surface area contributed by atoms with Gasteiger partial charge in [0.1, 0.15) is 12.1 Å². The standard InChI is InChI=1S/C21H22ClN3O3/c1-4-21(15-5-7-16(22)8-6-15)19(27)25(20(28)24-21)12-18(26)23-17-10-13(2)9-14(3)11-17/h5-11H,4,12H2,1-3H3,(H,23,26)(H,24,28)/t21-/m1/s1. The van der Waals surface area contributed by atoms with Gasteiger partial charge in [-0.15, -0.1) is 0 Å². The number of benzene rings is 2. The Labute approximate surface area is 168 Å². The average Bonchev–Trinajstić information content (AvgIpc) is 2.86. The van der Waals surface area contributed by atoms with Crippen LogP contribution in [-0.4, -0.2) is 29.3 Å². The SMILES string of the molecule is CC[C@]1(c2ccc(Cl)cc2)NC(=O)N(CC(=O)Nc2cc(C)cc(C)c2)C1=O. The first-order valence-corrected chi connectivity index (χ1v) is 9.41. The van der Waals surface area contributed by atoms with Crippen LogP contribution in [-0.2, 0) is 15.1 Å². The zero-order valence-electron chi connectivity index (χ0n) is 16.0. The number of imide groups is 1. The molecule has 0 radical (unpaired) electrons. The number of nitrogens with one attached hydrogen (secondary N) is 2. The van der Waals surface area contributed by atoms with E-state index in [-0.39, 0.29) is 6.54 Å². The van der Waals surface area contributed by atoms with Crippen molar-refractivity contribution in [1.29, 1.82) is 0 Å². The highest BCUT2D eigenvalue weighted by atomic mass is 35.5. The second kappa shape index (κ2) is 7.64. The molecule has 146 valence electrons. The molecule has 0 spiro atoms. The van der Waals surface area contributed by atoms with Crippen molar-refractivity contribution in [3.8, 4) is 0 Å². The number of halogens is 1. The summed E-state index contributed by atoms with van der Waals surface area (Å²) in [6, 6.07) is 11.8. The van der Waals surface area contributed by atoms with Crippen LogP contribution in [0.1, 0.15) is 30.0 Å². The van der Waals surface area contributed by atoms with Crippen molar-refractivity contribution in [2.75, 3.05) is 11.9 Å². The zero-order chi connectivity index (χ0) is 20.5. The third kappa shape index (κ3) is 3.73. The summed E-state index contributed by atoms with van der Waals surface area (Å²) in [6.45, 7) is 5.32. The first kappa shape index (κ1) is 19.9. The van der Waals surface area contributed by atoms with Gasteiger partial charge in [-0.25, -0.2) is 4.79 Å². The summed E-state index contributed by atoms with van der Waals surface area (Å²) in [6.07, 6.45) is 0.356. The fourth-order valence-corrected chi connectivity index (χ4v) is 3.66. The van der Waals surface area contributed by atoms with E-state index in [0.717, 1.165) is 16.0 Å². The van der Waals surface area contributed by atoms with E-state index >= 15 is 0 Å². The highest BCUT2D eigenvalue weighted by molar-refractivity contribution is 6.30. The van der Waals surface area contributed by atoms with E-state index in [0.29, 0.717) is 22.7 Å². The molecule has 1 aliphatic heterocycles. The average molecular weight is 400 g/mol. The largest absolute Gasteiger partial charge is 0.325 e. The number of amides is 4. The molecule has 0 bridgehead atoms. The van der Waals surface area contributed by atoms with Crippen LogP contribution in [0, 0.1) is 13.8 Å². The Morgan fingerprint density at radius 3 is 2.29 bits per heavy atom. The van der Waals surface area contributed by atoms with Crippen LogP contribution in [0.5, 0.6) is 0 Å². The number of hydrogen-bond donors (Lipinski definition) is 2. The molecule has 0 unspecified atom stereocenters. The minimum Gasteiger partial charge on any atom is -0.325 e. The van der Waals surface area contributed by atoms with Crippen molar-refractivity contribution in [1.82, 2.24) is 10.2 Å². The van der Waals surface area contributed by atoms with Crippen LogP contribution in [0.2, 0.25) is 5.02 Å². The van der Waals surface area contributed by atoms with Crippen molar-refractivity contribution in [2.24, 2.45) is 0 Å². The molecule has 3 rings (SSSR count). The molecule has 2 N–H and O–H groups in total. The van der Waals surface area contributed by atoms with E-state index in [9.17, 15) is 14.4 Å². The Kier molecular flexibility index (Phi) is 5.42. The molecule has 0 aromatic heterocycles. The summed E-state index contributed by atoms with van der Waals surface area (Å²) in [5, 5.41) is 6.05. The van der Waals surface area contributed by atoms with Crippen molar-refractivity contribution in [3.05, 3.63) is 64.2 Å². The molecular weight excluding hydrogens is 378 g/mol. The topological polar surface area (TPSA) is 78.5 Å². The zero-order valence-corrected chi connectivity index (χ0v) is 16.8. The van der Waals surface area contributed by atoms with E-state index in [1.54, 1.807) is 24.3 Å². The van der Waals surface area contributed by atoms with Gasteiger partial charge in [0.2, 0.25) is 5.91 Å². The highest BCUT2D eigenvalue weighted by Crippen LogP contribution is 2.33. The molecule has 28 heavy (non-hydrogen) atoms. The van der Waals surface area contributed by atoms with E-state index in [1.165, 1.54) is 0 Å². The number of anilines is 1. The molecule has 0 aliphatic carbocycles. The first-order valence-electron chi connectivity index (χ1n) is 9.03. The van der Waals surface area contributed by atoms with E-state index in [2.05, 4.69) is 10.6 Å². The Balaban J connectivity index is 1.79. The molecule has 1 saturated heterocycles. The van der Waals surface area contributed by atoms with Gasteiger partial charge in [-0.2, -0.15) is 0 Å². The highest BCUT2D eigenvalue weighted by Gasteiger charge is 2.51. The van der Waals surface area contributed by atoms with E-state index in [4.69, 9.17) is 11.6 Å². The molecule has 1 aliphatic rings. The minimum atomic E-state index is -1.19. The van der Waals surface area contributed by atoms with Gasteiger partial charge >= 0.3 is 6.03 Å². The van der Waals surface area contributed by atoms with Crippen LogP contribution in [0.15, 0.2) is 42.5 Å². The number of hydrogen-bond acceptors (Lipinski definition) is 3. The molecule has 4 amide bonds. The molecule has 6 nitrogen and oxygen atoms in total. The maximum Gasteiger partial charge on any atom is 0.325 e. The van der Waals surface area contributed by atoms with Crippen molar-refractivity contribution in [2.45, 2.75) is 32.7 Å². The van der Waals surface area contributed by atoms with Crippen molar-refractivity contribution < 1.29 is 14.4 Å². The third-order valence-electron chi connectivity index (χ3n) is 4.85. The second-order valence-corrected chi connectivity index (χ2v) is 7.45. The lowest BCUT2D eigenvalue weighted by Gasteiger charge is -2.25. The third-order valence-corrected chi connectivity index (χ3v) is 5.10. The number of rotatable bonds is 5. The summed E-state index contributed by atoms with van der Waals surface area (Å²) in [7, 11) is 0. The Morgan fingerprint density at radius 2 is 1.71 bits per heavy atom. The minimum absolute atomic E-state index is 0.354. The predicted molar refractivity (Wildman–Crippen MR) is 108 cm³/mol. The molecule has 7 heteroatoms. The summed E-state index contributed by atoms with van der Waals surface area (Å²) in [4.78, 5) is 39.0. The number of carbonyl (C=O) groups is 3. The van der Waals surface area contributed by atoms with Gasteiger partial charge in [-0.05, 0) is 61.2 Å². The lowest BCUT2D eigenvalue weighted by molar-refractivity contribution is -0.134. The second-order valence-electron chi connectivity index (χ2n) is 7.01. The normalized spacial score (nSPS) is 18.9. The summed E-state index contributed by atoms with van der Waals surface area (Å²) in [5.74, 6) is -0.880. The summed E-state index contributed by atoms with van der Waals surface area (Å²) in [5.41, 5.74) is 2.10. The fourth-order valence-electron chi connectivity index (χ4n) is 3.53. The van der Waals surface area contributed by atoms with E-state index < -0.39 is 23.4 Å². The van der Waals surface area contributed by atoms with Crippen molar-refractivity contribution in [3.63, 3.8) is 0 Å². The maximum absolute atomic E-state index is 13.1. The van der Waals surface area contributed by atoms with Gasteiger partial charge in [0, 0.05) is 10.7 Å². The Morgan fingerprint density at radius 1 is 1.11 bits per heavy atom. The van der Waals surface area contributed by atoms with E-state index in [1.807, 2.05) is 39.0 Å². The van der Waals surface area contributed by atoms with Gasteiger partial charge in [0.05, 0.1) is 0 Å². The van der Waals surface area contributed by atoms with Crippen LogP contribution >= 0.6 is 11.6 Å². The molecular formula is C21H22ClN3O3. The number of aryl methyl sites for hydroxylation is 2.